The molecule has 0 aromatic heterocycles. The van der Waals surface area contributed by atoms with Gasteiger partial charge in [0.05, 0.1) is 10.5 Å². The first-order valence-corrected chi connectivity index (χ1v) is 10.3. The third kappa shape index (κ3) is 7.17. The molecular formula is C20H23F3N2O3S. The molecule has 2 rings (SSSR count). The zero-order chi connectivity index (χ0) is 21.9. The minimum atomic E-state index is -4.43. The largest absolute Gasteiger partial charge is 0.416 e. The Kier molecular flexibility index (Phi) is 6.74. The number of carbonyl (C=O) groups is 1. The van der Waals surface area contributed by atoms with E-state index >= 15 is 0 Å². The highest BCUT2D eigenvalue weighted by atomic mass is 32.2. The van der Waals surface area contributed by atoms with E-state index in [9.17, 15) is 26.4 Å². The molecule has 1 amide bonds. The lowest BCUT2D eigenvalue weighted by Gasteiger charge is -2.20. The van der Waals surface area contributed by atoms with E-state index in [0.29, 0.717) is 6.42 Å². The molecule has 29 heavy (non-hydrogen) atoms. The Bertz CT molecular complexity index is 946. The second-order valence-electron chi connectivity index (χ2n) is 7.62. The molecule has 2 aromatic rings. The number of amides is 1. The van der Waals surface area contributed by atoms with Crippen LogP contribution in [0.4, 0.5) is 18.9 Å². The molecule has 0 aliphatic carbocycles. The van der Waals surface area contributed by atoms with Crippen molar-refractivity contribution in [2.75, 3.05) is 5.32 Å². The lowest BCUT2D eigenvalue weighted by atomic mass is 10.1. The maximum absolute atomic E-state index is 12.5. The summed E-state index contributed by atoms with van der Waals surface area (Å²) in [6, 6.07) is 10.4. The number of halogens is 3. The zero-order valence-electron chi connectivity index (χ0n) is 16.3. The highest BCUT2D eigenvalue weighted by molar-refractivity contribution is 7.89. The number of anilines is 1. The Morgan fingerprint density at radius 2 is 1.48 bits per heavy atom. The van der Waals surface area contributed by atoms with Gasteiger partial charge in [-0.05, 0) is 69.2 Å². The van der Waals surface area contributed by atoms with Gasteiger partial charge < -0.3 is 5.32 Å². The number of hydrogen-bond donors (Lipinski definition) is 2. The molecule has 0 saturated carbocycles. The zero-order valence-corrected chi connectivity index (χ0v) is 17.1. The predicted octanol–water partition coefficient (Wildman–Crippen LogP) is 4.35. The summed E-state index contributed by atoms with van der Waals surface area (Å²) >= 11 is 0. The van der Waals surface area contributed by atoms with E-state index < -0.39 is 27.3 Å². The Morgan fingerprint density at radius 1 is 0.931 bits per heavy atom. The van der Waals surface area contributed by atoms with Crippen molar-refractivity contribution in [2.45, 2.75) is 50.2 Å². The van der Waals surface area contributed by atoms with Crippen LogP contribution in [0, 0.1) is 0 Å². The quantitative estimate of drug-likeness (QED) is 0.718. The fourth-order valence-electron chi connectivity index (χ4n) is 2.52. The van der Waals surface area contributed by atoms with Gasteiger partial charge in [-0.25, -0.2) is 13.1 Å². The molecular weight excluding hydrogens is 405 g/mol. The normalized spacial score (nSPS) is 12.6. The number of hydrogen-bond acceptors (Lipinski definition) is 3. The van der Waals surface area contributed by atoms with Crippen molar-refractivity contribution in [1.82, 2.24) is 4.72 Å². The molecule has 0 spiro atoms. The molecule has 0 radical (unpaired) electrons. The van der Waals surface area contributed by atoms with Gasteiger partial charge >= 0.3 is 6.18 Å². The summed E-state index contributed by atoms with van der Waals surface area (Å²) in [5.74, 6) is -0.351. The van der Waals surface area contributed by atoms with Gasteiger partial charge in [-0.3, -0.25) is 4.79 Å². The average molecular weight is 428 g/mol. The molecule has 0 fully saturated rings. The molecule has 0 aliphatic rings. The summed E-state index contributed by atoms with van der Waals surface area (Å²) in [5, 5.41) is 2.54. The van der Waals surface area contributed by atoms with Crippen LogP contribution in [0.1, 0.15) is 38.3 Å². The fourth-order valence-corrected chi connectivity index (χ4v) is 3.94. The second-order valence-corrected chi connectivity index (χ2v) is 9.31. The van der Waals surface area contributed by atoms with Crippen LogP contribution in [-0.4, -0.2) is 19.9 Å². The summed E-state index contributed by atoms with van der Waals surface area (Å²) in [6.45, 7) is 5.23. The van der Waals surface area contributed by atoms with E-state index in [2.05, 4.69) is 10.0 Å². The minimum Gasteiger partial charge on any atom is -0.326 e. The van der Waals surface area contributed by atoms with Crippen molar-refractivity contribution < 1.29 is 26.4 Å². The van der Waals surface area contributed by atoms with Crippen LogP contribution in [0.5, 0.6) is 0 Å². The summed E-state index contributed by atoms with van der Waals surface area (Å²) in [5.41, 5.74) is -0.347. The molecule has 2 N–H and O–H groups in total. The van der Waals surface area contributed by atoms with Gasteiger partial charge in [-0.15, -0.1) is 0 Å². The Morgan fingerprint density at radius 3 is 1.97 bits per heavy atom. The highest BCUT2D eigenvalue weighted by Crippen LogP contribution is 2.29. The summed E-state index contributed by atoms with van der Waals surface area (Å²) in [7, 11) is -3.63. The van der Waals surface area contributed by atoms with Gasteiger partial charge in [-0.2, -0.15) is 13.2 Å². The molecule has 158 valence electrons. The van der Waals surface area contributed by atoms with Crippen LogP contribution in [0.25, 0.3) is 0 Å². The topological polar surface area (TPSA) is 75.3 Å². The third-order valence-electron chi connectivity index (χ3n) is 3.81. The minimum absolute atomic E-state index is 0.105. The maximum Gasteiger partial charge on any atom is 0.416 e. The highest BCUT2D eigenvalue weighted by Gasteiger charge is 2.30. The standard InChI is InChI=1S/C20H23F3N2O3S/c1-19(2,3)25-29(27,28)17-11-4-14(5-12-17)6-13-18(26)24-16-9-7-15(8-10-16)20(21,22)23/h4-5,7-12,25H,6,13H2,1-3H3,(H,24,26). The molecule has 0 aliphatic heterocycles. The number of benzene rings is 2. The lowest BCUT2D eigenvalue weighted by molar-refractivity contribution is -0.137. The molecule has 0 heterocycles. The Hall–Kier alpha value is -2.39. The molecule has 5 nitrogen and oxygen atoms in total. The number of carbonyl (C=O) groups excluding carboxylic acids is 1. The average Bonchev–Trinajstić information content (AvgIpc) is 2.58. The summed E-state index contributed by atoms with van der Waals surface area (Å²) < 4.78 is 64.7. The molecule has 0 saturated heterocycles. The van der Waals surface area contributed by atoms with Gasteiger partial charge in [0.15, 0.2) is 0 Å². The second kappa shape index (κ2) is 8.54. The Balaban J connectivity index is 1.92. The van der Waals surface area contributed by atoms with Crippen LogP contribution < -0.4 is 10.0 Å². The first-order chi connectivity index (χ1) is 13.3. The van der Waals surface area contributed by atoms with Gasteiger partial charge in [0.25, 0.3) is 0 Å². The first-order valence-electron chi connectivity index (χ1n) is 8.86. The SMILES string of the molecule is CC(C)(C)NS(=O)(=O)c1ccc(CCC(=O)Nc2ccc(C(F)(F)F)cc2)cc1. The van der Waals surface area contributed by atoms with Crippen LogP contribution in [0.2, 0.25) is 0 Å². The molecule has 0 atom stereocenters. The molecule has 9 heteroatoms. The van der Waals surface area contributed by atoms with Crippen molar-refractivity contribution in [3.63, 3.8) is 0 Å². The number of nitrogens with one attached hydrogen (secondary N) is 2. The van der Waals surface area contributed by atoms with E-state index in [-0.39, 0.29) is 22.9 Å². The van der Waals surface area contributed by atoms with E-state index in [1.807, 2.05) is 0 Å². The van der Waals surface area contributed by atoms with Gasteiger partial charge in [0.1, 0.15) is 0 Å². The molecule has 0 bridgehead atoms. The van der Waals surface area contributed by atoms with E-state index in [4.69, 9.17) is 0 Å². The van der Waals surface area contributed by atoms with Gasteiger partial charge in [-0.1, -0.05) is 12.1 Å². The fraction of sp³-hybridized carbons (Fsp3) is 0.350. The van der Waals surface area contributed by atoms with Crippen LogP contribution in [0.15, 0.2) is 53.4 Å². The number of rotatable bonds is 6. The van der Waals surface area contributed by atoms with E-state index in [1.165, 1.54) is 24.3 Å². The van der Waals surface area contributed by atoms with Crippen molar-refractivity contribution in [1.29, 1.82) is 0 Å². The van der Waals surface area contributed by atoms with Crippen molar-refractivity contribution >= 4 is 21.6 Å². The van der Waals surface area contributed by atoms with Crippen molar-refractivity contribution in [3.8, 4) is 0 Å². The van der Waals surface area contributed by atoms with Crippen molar-refractivity contribution in [3.05, 3.63) is 59.7 Å². The molecule has 2 aromatic carbocycles. The lowest BCUT2D eigenvalue weighted by Crippen LogP contribution is -2.40. The number of aryl methyl sites for hydroxylation is 1. The van der Waals surface area contributed by atoms with Crippen LogP contribution >= 0.6 is 0 Å². The van der Waals surface area contributed by atoms with Crippen LogP contribution in [0.3, 0.4) is 0 Å². The summed E-state index contributed by atoms with van der Waals surface area (Å²) in [4.78, 5) is 12.1. The Labute approximate surface area is 168 Å². The monoisotopic (exact) mass is 428 g/mol. The van der Waals surface area contributed by atoms with E-state index in [0.717, 1.165) is 17.7 Å². The van der Waals surface area contributed by atoms with Crippen LogP contribution in [-0.2, 0) is 27.4 Å². The third-order valence-corrected chi connectivity index (χ3v) is 5.58. The van der Waals surface area contributed by atoms with Gasteiger partial charge in [0, 0.05) is 17.6 Å². The number of alkyl halides is 3. The predicted molar refractivity (Wildman–Crippen MR) is 105 cm³/mol. The van der Waals surface area contributed by atoms with Crippen molar-refractivity contribution in [2.24, 2.45) is 0 Å². The number of sulfonamides is 1. The maximum atomic E-state index is 12.5. The first kappa shape index (κ1) is 22.9. The van der Waals surface area contributed by atoms with E-state index in [1.54, 1.807) is 32.9 Å². The van der Waals surface area contributed by atoms with Gasteiger partial charge in [0.2, 0.25) is 15.9 Å². The molecule has 0 unspecified atom stereocenters. The smallest absolute Gasteiger partial charge is 0.326 e. The summed E-state index contributed by atoms with van der Waals surface area (Å²) in [6.07, 6.45) is -3.96.